The molecule has 0 aliphatic heterocycles. The van der Waals surface area contributed by atoms with Crippen molar-refractivity contribution in [2.45, 2.75) is 9.65 Å². The molecule has 1 unspecified atom stereocenters. The van der Waals surface area contributed by atoms with Gasteiger partial charge in [0.15, 0.2) is 0 Å². The molecule has 0 spiro atoms. The number of aliphatic carboxylic acids is 1. The zero-order valence-electron chi connectivity index (χ0n) is 4.92. The topological polar surface area (TPSA) is 61.1 Å². The third-order valence-corrected chi connectivity index (χ3v) is 2.88. The molecule has 0 radical (unpaired) electrons. The van der Waals surface area contributed by atoms with Crippen LogP contribution in [0.2, 0.25) is 0 Å². The number of carboxylic acid groups (broad SMARTS) is 1. The van der Waals surface area contributed by atoms with E-state index in [2.05, 4.69) is 38.4 Å². The molecule has 1 aliphatic rings. The molecule has 5 heteroatoms. The van der Waals surface area contributed by atoms with Crippen LogP contribution < -0.4 is 0 Å². The molecule has 1 fully saturated rings. The third kappa shape index (κ3) is 2.27. The first kappa shape index (κ1) is 9.92. The van der Waals surface area contributed by atoms with E-state index in [1.54, 1.807) is 0 Å². The molecule has 1 rings (SSSR count). The minimum Gasteiger partial charge on any atom is -0.481 e. The van der Waals surface area contributed by atoms with Gasteiger partial charge in [0.25, 0.3) is 0 Å². The van der Waals surface area contributed by atoms with E-state index < -0.39 is 5.97 Å². The largest absolute Gasteiger partial charge is 0.481 e. The molecule has 0 bridgehead atoms. The minimum absolute atomic E-state index is 0.234. The standard InChI is InChI=1S/C4H4Br2O2.CHN/c5-4(6)1-2(4)3(7)8;1-2/h2H,1H2,(H,7,8);1H. The summed E-state index contributed by atoms with van der Waals surface area (Å²) in [7, 11) is 0. The number of carboxylic acids is 1. The van der Waals surface area contributed by atoms with Gasteiger partial charge in [0.05, 0.1) is 9.15 Å². The summed E-state index contributed by atoms with van der Waals surface area (Å²) in [6, 6.07) is 0. The molecule has 0 heterocycles. The predicted molar refractivity (Wildman–Crippen MR) is 43.0 cm³/mol. The van der Waals surface area contributed by atoms with Crippen molar-refractivity contribution in [1.29, 1.82) is 5.26 Å². The van der Waals surface area contributed by atoms with E-state index in [0.717, 1.165) is 0 Å². The van der Waals surface area contributed by atoms with Crippen molar-refractivity contribution in [1.82, 2.24) is 0 Å². The summed E-state index contributed by atoms with van der Waals surface area (Å²) >= 11 is 6.38. The van der Waals surface area contributed by atoms with Crippen LogP contribution in [0.1, 0.15) is 6.42 Å². The second-order valence-corrected chi connectivity index (χ2v) is 5.75. The second-order valence-electron chi connectivity index (χ2n) is 1.86. The van der Waals surface area contributed by atoms with Gasteiger partial charge >= 0.3 is 5.97 Å². The molecule has 0 aromatic heterocycles. The number of halogens is 2. The summed E-state index contributed by atoms with van der Waals surface area (Å²) in [4.78, 5) is 10.1. The minimum atomic E-state index is -0.737. The van der Waals surface area contributed by atoms with Gasteiger partial charge < -0.3 is 5.11 Å². The highest BCUT2D eigenvalue weighted by atomic mass is 79.9. The lowest BCUT2D eigenvalue weighted by molar-refractivity contribution is -0.138. The molecule has 3 nitrogen and oxygen atoms in total. The van der Waals surface area contributed by atoms with Crippen molar-refractivity contribution >= 4 is 37.8 Å². The van der Waals surface area contributed by atoms with Crippen LogP contribution in [-0.2, 0) is 4.79 Å². The predicted octanol–water partition coefficient (Wildman–Crippen LogP) is 1.72. The van der Waals surface area contributed by atoms with Crippen molar-refractivity contribution < 1.29 is 9.90 Å². The summed E-state index contributed by atoms with van der Waals surface area (Å²) in [5.41, 5.74) is 0. The van der Waals surface area contributed by atoms with Gasteiger partial charge in [0.1, 0.15) is 0 Å². The van der Waals surface area contributed by atoms with Crippen molar-refractivity contribution in [3.63, 3.8) is 0 Å². The van der Waals surface area contributed by atoms with E-state index in [4.69, 9.17) is 10.4 Å². The number of carbonyl (C=O) groups is 1. The first-order valence-electron chi connectivity index (χ1n) is 2.40. The van der Waals surface area contributed by atoms with E-state index in [0.29, 0.717) is 6.42 Å². The SMILES string of the molecule is C#N.O=C(O)C1CC1(Br)Br. The van der Waals surface area contributed by atoms with Gasteiger partial charge in [0, 0.05) is 6.57 Å². The average Bonchev–Trinajstić information content (AvgIpc) is 2.46. The number of hydrogen-bond donors (Lipinski definition) is 1. The van der Waals surface area contributed by atoms with Gasteiger partial charge in [-0.2, -0.15) is 0 Å². The van der Waals surface area contributed by atoms with E-state index in [9.17, 15) is 4.79 Å². The third-order valence-electron chi connectivity index (χ3n) is 1.12. The normalized spacial score (nSPS) is 25.8. The van der Waals surface area contributed by atoms with E-state index in [1.165, 1.54) is 0 Å². The number of rotatable bonds is 1. The Morgan fingerprint density at radius 1 is 1.70 bits per heavy atom. The number of nitriles is 1. The molecule has 0 saturated heterocycles. The Balaban J connectivity index is 0.000000371. The Morgan fingerprint density at radius 2 is 2.00 bits per heavy atom. The van der Waals surface area contributed by atoms with Gasteiger partial charge in [0.2, 0.25) is 0 Å². The van der Waals surface area contributed by atoms with Crippen LogP contribution in [0.3, 0.4) is 0 Å². The summed E-state index contributed by atoms with van der Waals surface area (Å²) in [5.74, 6) is -0.971. The Bertz CT molecular complexity index is 166. The number of hydrogen-bond acceptors (Lipinski definition) is 2. The zero-order valence-corrected chi connectivity index (χ0v) is 8.09. The first-order valence-corrected chi connectivity index (χ1v) is 3.99. The molecule has 1 atom stereocenters. The van der Waals surface area contributed by atoms with Crippen molar-refractivity contribution in [2.75, 3.05) is 0 Å². The highest BCUT2D eigenvalue weighted by Gasteiger charge is 2.55. The van der Waals surface area contributed by atoms with Crippen LogP contribution in [0, 0.1) is 17.8 Å². The van der Waals surface area contributed by atoms with Crippen molar-refractivity contribution in [3.05, 3.63) is 0 Å². The van der Waals surface area contributed by atoms with Crippen LogP contribution in [0.4, 0.5) is 0 Å². The Morgan fingerprint density at radius 3 is 2.00 bits per heavy atom. The highest BCUT2D eigenvalue weighted by molar-refractivity contribution is 9.25. The Hall–Kier alpha value is -0.0800. The first-order chi connectivity index (χ1) is 4.54. The lowest BCUT2D eigenvalue weighted by Gasteiger charge is -1.89. The molecule has 56 valence electrons. The van der Waals surface area contributed by atoms with Crippen LogP contribution in [0.25, 0.3) is 0 Å². The van der Waals surface area contributed by atoms with E-state index >= 15 is 0 Å². The zero-order chi connectivity index (χ0) is 8.36. The van der Waals surface area contributed by atoms with Gasteiger partial charge in [-0.15, -0.1) is 0 Å². The fourth-order valence-electron chi connectivity index (χ4n) is 0.481. The maximum absolute atomic E-state index is 10.1. The molecule has 0 amide bonds. The Labute approximate surface area is 75.3 Å². The second kappa shape index (κ2) is 3.35. The molecule has 1 aliphatic carbocycles. The fraction of sp³-hybridized carbons (Fsp3) is 0.600. The highest BCUT2D eigenvalue weighted by Crippen LogP contribution is 2.56. The number of alkyl halides is 2. The maximum Gasteiger partial charge on any atom is 0.308 e. The lowest BCUT2D eigenvalue weighted by atomic mass is 10.5. The molecular weight excluding hydrogens is 266 g/mol. The van der Waals surface area contributed by atoms with Crippen LogP contribution in [0.15, 0.2) is 0 Å². The monoisotopic (exact) mass is 269 g/mol. The maximum atomic E-state index is 10.1. The van der Waals surface area contributed by atoms with Crippen molar-refractivity contribution in [3.8, 4) is 6.57 Å². The van der Waals surface area contributed by atoms with Crippen molar-refractivity contribution in [2.24, 2.45) is 5.92 Å². The van der Waals surface area contributed by atoms with Crippen LogP contribution >= 0.6 is 31.9 Å². The van der Waals surface area contributed by atoms with E-state index in [-0.39, 0.29) is 9.15 Å². The smallest absolute Gasteiger partial charge is 0.308 e. The summed E-state index contributed by atoms with van der Waals surface area (Å²) < 4.78 is -0.286. The van der Waals surface area contributed by atoms with Crippen LogP contribution in [-0.4, -0.2) is 14.3 Å². The van der Waals surface area contributed by atoms with Gasteiger partial charge in [-0.3, -0.25) is 4.79 Å². The lowest BCUT2D eigenvalue weighted by Crippen LogP contribution is -2.02. The fourth-order valence-corrected chi connectivity index (χ4v) is 1.52. The molecule has 10 heavy (non-hydrogen) atoms. The Kier molecular flexibility index (Phi) is 3.33. The summed E-state index contributed by atoms with van der Waals surface area (Å²) in [6.45, 7) is 3.50. The van der Waals surface area contributed by atoms with Gasteiger partial charge in [-0.25, -0.2) is 5.26 Å². The van der Waals surface area contributed by atoms with Crippen LogP contribution in [0.5, 0.6) is 0 Å². The quantitative estimate of drug-likeness (QED) is 0.738. The molecule has 1 N–H and O–H groups in total. The molecule has 0 aromatic carbocycles. The summed E-state index contributed by atoms with van der Waals surface area (Å²) in [6.07, 6.45) is 0.683. The molecular formula is C5H5Br2NO2. The molecule has 0 aromatic rings. The van der Waals surface area contributed by atoms with E-state index in [1.807, 2.05) is 0 Å². The molecule has 1 saturated carbocycles. The average molecular weight is 271 g/mol. The van der Waals surface area contributed by atoms with Gasteiger partial charge in [-0.05, 0) is 6.42 Å². The van der Waals surface area contributed by atoms with Gasteiger partial charge in [-0.1, -0.05) is 31.9 Å². The number of nitrogens with zero attached hydrogens (tertiary/aromatic N) is 1. The summed E-state index contributed by atoms with van der Waals surface area (Å²) in [5, 5.41) is 14.8.